The van der Waals surface area contributed by atoms with E-state index in [9.17, 15) is 13.2 Å². The number of nitrogens with one attached hydrogen (secondary N) is 2. The van der Waals surface area contributed by atoms with E-state index >= 15 is 0 Å². The Morgan fingerprint density at radius 2 is 1.41 bits per heavy atom. The third-order valence-corrected chi connectivity index (χ3v) is 10.3. The summed E-state index contributed by atoms with van der Waals surface area (Å²) in [6.45, 7) is 11.5. The fourth-order valence-corrected chi connectivity index (χ4v) is 7.47. The smallest absolute Gasteiger partial charge is 0.432 e. The minimum absolute atomic E-state index is 0.0194. The first-order chi connectivity index (χ1) is 25.9. The Morgan fingerprint density at radius 1 is 0.796 bits per heavy atom. The molecule has 0 aliphatic carbocycles. The molecule has 0 aliphatic heterocycles. The Balaban J connectivity index is 1.60. The van der Waals surface area contributed by atoms with Crippen LogP contribution in [0.1, 0.15) is 94.7 Å². The Bertz CT molecular complexity index is 2000. The Morgan fingerprint density at radius 3 is 1.94 bits per heavy atom. The molecule has 0 saturated heterocycles. The average Bonchev–Trinajstić information content (AvgIpc) is 3.80. The molecule has 5 aromatic rings. The van der Waals surface area contributed by atoms with E-state index in [2.05, 4.69) is 73.2 Å². The van der Waals surface area contributed by atoms with Crippen molar-refractivity contribution in [3.63, 3.8) is 0 Å². The number of benzene rings is 2. The maximum absolute atomic E-state index is 13.5. The van der Waals surface area contributed by atoms with Gasteiger partial charge in [0.05, 0.1) is 30.3 Å². The van der Waals surface area contributed by atoms with Crippen molar-refractivity contribution >= 4 is 17.0 Å². The molecule has 11 heteroatoms. The second kappa shape index (κ2) is 18.4. The van der Waals surface area contributed by atoms with Crippen LogP contribution < -0.4 is 15.2 Å². The minimum Gasteiger partial charge on any atom is -0.494 e. The average molecular weight is 758 g/mol. The Hall–Kier alpha value is -4.90. The van der Waals surface area contributed by atoms with Gasteiger partial charge in [-0.05, 0) is 122 Å². The topological polar surface area (TPSA) is 110 Å². The van der Waals surface area contributed by atoms with Crippen LogP contribution >= 0.6 is 11.3 Å². The van der Waals surface area contributed by atoms with E-state index in [1.807, 2.05) is 12.1 Å². The standard InChI is InChI=1S/C43H50F3N5O2S/c1-6-8-10-12-18-52-31-14-16-33(27(3)20-31)35-25-40(54-42(35)34-17-15-32(21-28(34)4)53-19-13-11-9-7-2)30-23-37(36(48)22-29(5)47)49-38(24-30)39-26-41(51-50-39)43(44,45)46/h14-17,20-26,48H,6-13,18-19,47H2,1-5H3,(H,50,51). The van der Waals surface area contributed by atoms with Crippen LogP contribution in [0.5, 0.6) is 11.5 Å². The Kier molecular flexibility index (Phi) is 13.7. The van der Waals surface area contributed by atoms with Gasteiger partial charge in [-0.25, -0.2) is 4.98 Å². The summed E-state index contributed by atoms with van der Waals surface area (Å²) in [7, 11) is 0. The van der Waals surface area contributed by atoms with Crippen molar-refractivity contribution in [1.29, 1.82) is 5.41 Å². The molecule has 0 aliphatic rings. The van der Waals surface area contributed by atoms with Gasteiger partial charge in [0.1, 0.15) is 22.9 Å². The van der Waals surface area contributed by atoms with E-state index in [0.29, 0.717) is 24.5 Å². The molecular formula is C43H50F3N5O2S. The van der Waals surface area contributed by atoms with Crippen molar-refractivity contribution in [2.24, 2.45) is 5.73 Å². The van der Waals surface area contributed by atoms with E-state index in [0.717, 1.165) is 80.8 Å². The van der Waals surface area contributed by atoms with Crippen molar-refractivity contribution in [3.05, 3.63) is 95.0 Å². The zero-order valence-electron chi connectivity index (χ0n) is 31.8. The molecule has 5 rings (SSSR count). The predicted octanol–water partition coefficient (Wildman–Crippen LogP) is 12.3. The van der Waals surface area contributed by atoms with E-state index in [4.69, 9.17) is 20.6 Å². The summed E-state index contributed by atoms with van der Waals surface area (Å²) in [4.78, 5) is 6.43. The van der Waals surface area contributed by atoms with E-state index < -0.39 is 11.9 Å². The number of unbranched alkanes of at least 4 members (excludes halogenated alkanes) is 6. The number of nitrogens with zero attached hydrogens (tertiary/aromatic N) is 2. The number of alkyl halides is 3. The van der Waals surface area contributed by atoms with Crippen molar-refractivity contribution in [1.82, 2.24) is 15.2 Å². The molecule has 0 radical (unpaired) electrons. The van der Waals surface area contributed by atoms with Crippen LogP contribution in [0.25, 0.3) is 43.4 Å². The lowest BCUT2D eigenvalue weighted by molar-refractivity contribution is -0.141. The fourth-order valence-electron chi connectivity index (χ4n) is 6.22. The number of aromatic amines is 1. The monoisotopic (exact) mass is 757 g/mol. The van der Waals surface area contributed by atoms with Crippen LogP contribution in [0.2, 0.25) is 0 Å². The van der Waals surface area contributed by atoms with Crippen LogP contribution in [0.4, 0.5) is 13.2 Å². The summed E-state index contributed by atoms with van der Waals surface area (Å²) in [6.07, 6.45) is 5.89. The normalized spacial score (nSPS) is 12.0. The summed E-state index contributed by atoms with van der Waals surface area (Å²) in [6, 6.07) is 18.9. The molecule has 0 amide bonds. The van der Waals surface area contributed by atoms with Crippen LogP contribution in [0.15, 0.2) is 72.4 Å². The molecular weight excluding hydrogens is 708 g/mol. The zero-order valence-corrected chi connectivity index (χ0v) is 32.6. The number of aryl methyl sites for hydroxylation is 2. The second-order valence-electron chi connectivity index (χ2n) is 13.7. The van der Waals surface area contributed by atoms with Crippen molar-refractivity contribution in [2.45, 2.75) is 92.2 Å². The molecule has 4 N–H and O–H groups in total. The predicted molar refractivity (Wildman–Crippen MR) is 215 cm³/mol. The minimum atomic E-state index is -4.60. The second-order valence-corrected chi connectivity index (χ2v) is 14.8. The van der Waals surface area contributed by atoms with E-state index in [1.165, 1.54) is 31.8 Å². The van der Waals surface area contributed by atoms with Crippen LogP contribution in [0, 0.1) is 19.3 Å². The summed E-state index contributed by atoms with van der Waals surface area (Å²) in [5.74, 6) is 1.65. The van der Waals surface area contributed by atoms with Crippen molar-refractivity contribution in [2.75, 3.05) is 13.2 Å². The zero-order chi connectivity index (χ0) is 38.8. The number of hydrogen-bond acceptors (Lipinski definition) is 7. The largest absolute Gasteiger partial charge is 0.494 e. The lowest BCUT2D eigenvalue weighted by Gasteiger charge is -2.13. The number of thiophene rings is 1. The highest BCUT2D eigenvalue weighted by Gasteiger charge is 2.33. The molecule has 7 nitrogen and oxygen atoms in total. The first kappa shape index (κ1) is 40.3. The molecule has 3 heterocycles. The summed E-state index contributed by atoms with van der Waals surface area (Å²) >= 11 is 1.57. The molecule has 54 heavy (non-hydrogen) atoms. The van der Waals surface area contributed by atoms with Gasteiger partial charge in [-0.3, -0.25) is 10.5 Å². The van der Waals surface area contributed by atoms with E-state index in [-0.39, 0.29) is 22.8 Å². The van der Waals surface area contributed by atoms with Gasteiger partial charge in [0.15, 0.2) is 0 Å². The Labute approximate surface area is 320 Å². The fraction of sp³-hybridized carbons (Fsp3) is 0.372. The number of halogens is 3. The third kappa shape index (κ3) is 10.4. The molecule has 0 unspecified atom stereocenters. The number of nitrogens with two attached hydrogens (primary N) is 1. The summed E-state index contributed by atoms with van der Waals surface area (Å²) in [5.41, 5.74) is 11.7. The number of ether oxygens (including phenoxy) is 2. The summed E-state index contributed by atoms with van der Waals surface area (Å²) < 4.78 is 52.9. The van der Waals surface area contributed by atoms with Crippen LogP contribution in [-0.2, 0) is 6.18 Å². The molecule has 3 aromatic heterocycles. The number of allylic oxidation sites excluding steroid dienone is 2. The molecule has 0 bridgehead atoms. The van der Waals surface area contributed by atoms with Crippen LogP contribution in [-0.4, -0.2) is 34.1 Å². The number of hydrogen-bond donors (Lipinski definition) is 3. The number of rotatable bonds is 18. The number of pyridine rings is 1. The lowest BCUT2D eigenvalue weighted by Crippen LogP contribution is -2.05. The van der Waals surface area contributed by atoms with Gasteiger partial charge < -0.3 is 15.2 Å². The molecule has 286 valence electrons. The van der Waals surface area contributed by atoms with Gasteiger partial charge in [0.2, 0.25) is 0 Å². The lowest BCUT2D eigenvalue weighted by atomic mass is 9.95. The highest BCUT2D eigenvalue weighted by atomic mass is 32.1. The molecule has 0 saturated carbocycles. The van der Waals surface area contributed by atoms with Gasteiger partial charge in [-0.2, -0.15) is 18.3 Å². The van der Waals surface area contributed by atoms with Crippen molar-refractivity contribution in [3.8, 4) is 54.9 Å². The molecule has 0 spiro atoms. The van der Waals surface area contributed by atoms with Gasteiger partial charge in [-0.15, -0.1) is 11.3 Å². The highest BCUT2D eigenvalue weighted by molar-refractivity contribution is 7.19. The molecule has 0 atom stereocenters. The van der Waals surface area contributed by atoms with Gasteiger partial charge in [0, 0.05) is 21.0 Å². The van der Waals surface area contributed by atoms with Crippen molar-refractivity contribution < 1.29 is 22.6 Å². The van der Waals surface area contributed by atoms with Gasteiger partial charge >= 0.3 is 6.18 Å². The maximum Gasteiger partial charge on any atom is 0.432 e. The SMILES string of the molecule is CCCCCCOc1ccc(-c2cc(-c3cc(C(=N)C=C(C)N)nc(-c4cc(C(F)(F)F)[nH]n4)c3)sc2-c2ccc(OCCCCCC)cc2C)c(C)c1. The first-order valence-corrected chi connectivity index (χ1v) is 19.5. The molecule has 0 fully saturated rings. The van der Waals surface area contributed by atoms with Gasteiger partial charge in [0.25, 0.3) is 0 Å². The van der Waals surface area contributed by atoms with E-state index in [1.54, 1.807) is 30.4 Å². The quantitative estimate of drug-likeness (QED) is 0.0609. The summed E-state index contributed by atoms with van der Waals surface area (Å²) in [5, 5.41) is 14.7. The third-order valence-electron chi connectivity index (χ3n) is 9.10. The van der Waals surface area contributed by atoms with Gasteiger partial charge in [-0.1, -0.05) is 58.4 Å². The first-order valence-electron chi connectivity index (χ1n) is 18.7. The molecule has 2 aromatic carbocycles. The van der Waals surface area contributed by atoms with Crippen LogP contribution in [0.3, 0.4) is 0 Å². The maximum atomic E-state index is 13.5. The number of H-pyrrole nitrogens is 1. The number of aromatic nitrogens is 3. The highest BCUT2D eigenvalue weighted by Crippen LogP contribution is 2.46.